The molecule has 1 heterocycles. The van der Waals surface area contributed by atoms with Gasteiger partial charge in [0.05, 0.1) is 19.3 Å². The molecule has 1 rings (SSSR count). The molecule has 3 atom stereocenters. The number of methoxy groups -OCH3 is 1. The highest BCUT2D eigenvalue weighted by Gasteiger charge is 2.51. The van der Waals surface area contributed by atoms with Gasteiger partial charge in [-0.2, -0.15) is 5.26 Å². The number of carbonyl (C=O) groups is 2. The molecule has 0 aliphatic carbocycles. The average Bonchev–Trinajstić information content (AvgIpc) is 2.66. The fourth-order valence-corrected chi connectivity index (χ4v) is 2.21. The molecule has 0 aromatic carbocycles. The van der Waals surface area contributed by atoms with Crippen LogP contribution in [-0.2, 0) is 19.1 Å². The minimum atomic E-state index is -0.796. The van der Waals surface area contributed by atoms with Crippen LogP contribution < -0.4 is 0 Å². The fraction of sp³-hybridized carbons (Fsp3) is 0.769. The fourth-order valence-electron chi connectivity index (χ4n) is 2.21. The van der Waals surface area contributed by atoms with Crippen molar-refractivity contribution in [3.63, 3.8) is 0 Å². The van der Waals surface area contributed by atoms with Crippen LogP contribution >= 0.6 is 0 Å². The molecule has 0 unspecified atom stereocenters. The number of ether oxygens (including phenoxy) is 2. The Morgan fingerprint density at radius 2 is 2.00 bits per heavy atom. The minimum absolute atomic E-state index is 0.282. The molecule has 1 aliphatic heterocycles. The summed E-state index contributed by atoms with van der Waals surface area (Å²) in [7, 11) is 1.27. The molecule has 1 saturated heterocycles. The van der Waals surface area contributed by atoms with Crippen LogP contribution in [0.4, 0.5) is 0 Å². The molecule has 0 spiro atoms. The lowest BCUT2D eigenvalue weighted by molar-refractivity contribution is -0.155. The highest BCUT2D eigenvalue weighted by atomic mass is 16.6. The minimum Gasteiger partial charge on any atom is -0.467 e. The van der Waals surface area contributed by atoms with Gasteiger partial charge in [0.1, 0.15) is 12.6 Å². The first-order valence-electron chi connectivity index (χ1n) is 6.15. The first kappa shape index (κ1) is 15.4. The van der Waals surface area contributed by atoms with Crippen LogP contribution in [-0.4, -0.2) is 42.3 Å². The zero-order chi connectivity index (χ0) is 14.8. The number of nitriles is 1. The van der Waals surface area contributed by atoms with Crippen LogP contribution in [0.25, 0.3) is 0 Å². The van der Waals surface area contributed by atoms with Gasteiger partial charge in [-0.25, -0.2) is 4.79 Å². The first-order valence-corrected chi connectivity index (χ1v) is 6.15. The van der Waals surface area contributed by atoms with Crippen LogP contribution in [0.15, 0.2) is 0 Å². The van der Waals surface area contributed by atoms with E-state index in [1.807, 2.05) is 26.8 Å². The molecule has 0 saturated carbocycles. The lowest BCUT2D eigenvalue weighted by atomic mass is 9.93. The smallest absolute Gasteiger partial charge is 0.331 e. The van der Waals surface area contributed by atoms with Crippen molar-refractivity contribution < 1.29 is 19.1 Å². The summed E-state index contributed by atoms with van der Waals surface area (Å²) in [5.74, 6) is -0.937. The van der Waals surface area contributed by atoms with E-state index in [2.05, 4.69) is 0 Å². The maximum absolute atomic E-state index is 12.1. The predicted octanol–water partition coefficient (Wildman–Crippen LogP) is 1.06. The molecule has 6 nitrogen and oxygen atoms in total. The normalized spacial score (nSPS) is 26.9. The Bertz CT molecular complexity index is 408. The van der Waals surface area contributed by atoms with Gasteiger partial charge in [-0.05, 0) is 6.92 Å². The summed E-state index contributed by atoms with van der Waals surface area (Å²) in [4.78, 5) is 25.3. The van der Waals surface area contributed by atoms with Crippen molar-refractivity contribution in [3.8, 4) is 6.07 Å². The van der Waals surface area contributed by atoms with Crippen molar-refractivity contribution in [2.24, 2.45) is 5.41 Å². The Morgan fingerprint density at radius 1 is 1.42 bits per heavy atom. The van der Waals surface area contributed by atoms with E-state index in [4.69, 9.17) is 14.7 Å². The van der Waals surface area contributed by atoms with Crippen molar-refractivity contribution in [1.29, 1.82) is 5.26 Å². The summed E-state index contributed by atoms with van der Waals surface area (Å²) in [6, 6.07) is 1.01. The molecular weight excluding hydrogens is 248 g/mol. The Kier molecular flexibility index (Phi) is 4.53. The number of carbonyl (C=O) groups excluding carboxylic acids is 2. The summed E-state index contributed by atoms with van der Waals surface area (Å²) in [6.45, 7) is 7.46. The standard InChI is InChI=1S/C13H20N2O4/c1-8-10(11(17)18-5)15(9(16)6-7-14)12(19-8)13(2,3)4/h8,10,12H,6H2,1-5H3/t8-,10+,12-/m1/s1. The van der Waals surface area contributed by atoms with E-state index < -0.39 is 30.3 Å². The molecule has 106 valence electrons. The van der Waals surface area contributed by atoms with Crippen molar-refractivity contribution in [2.45, 2.75) is 52.5 Å². The van der Waals surface area contributed by atoms with Gasteiger partial charge in [-0.15, -0.1) is 0 Å². The van der Waals surface area contributed by atoms with Crippen LogP contribution in [0.2, 0.25) is 0 Å². The number of amides is 1. The van der Waals surface area contributed by atoms with E-state index in [0.717, 1.165) is 0 Å². The molecule has 6 heteroatoms. The number of rotatable bonds is 2. The van der Waals surface area contributed by atoms with Gasteiger partial charge in [-0.1, -0.05) is 20.8 Å². The van der Waals surface area contributed by atoms with Gasteiger partial charge >= 0.3 is 5.97 Å². The Labute approximate surface area is 113 Å². The summed E-state index contributed by atoms with van der Waals surface area (Å²) >= 11 is 0. The third-order valence-corrected chi connectivity index (χ3v) is 3.04. The second kappa shape index (κ2) is 5.57. The number of esters is 1. The lowest BCUT2D eigenvalue weighted by Gasteiger charge is -2.34. The van der Waals surface area contributed by atoms with E-state index in [0.29, 0.717) is 0 Å². The molecule has 0 aromatic heterocycles. The second-order valence-electron chi connectivity index (χ2n) is 5.66. The van der Waals surface area contributed by atoms with Crippen molar-refractivity contribution >= 4 is 11.9 Å². The van der Waals surface area contributed by atoms with Crippen molar-refractivity contribution in [2.75, 3.05) is 7.11 Å². The molecule has 1 aliphatic rings. The Hall–Kier alpha value is -1.61. The van der Waals surface area contributed by atoms with Crippen molar-refractivity contribution in [1.82, 2.24) is 4.90 Å². The molecule has 0 N–H and O–H groups in total. The monoisotopic (exact) mass is 268 g/mol. The maximum Gasteiger partial charge on any atom is 0.331 e. The first-order chi connectivity index (χ1) is 8.73. The zero-order valence-electron chi connectivity index (χ0n) is 12.0. The quantitative estimate of drug-likeness (QED) is 0.700. The highest BCUT2D eigenvalue weighted by Crippen LogP contribution is 2.35. The molecular formula is C13H20N2O4. The Morgan fingerprint density at radius 3 is 2.42 bits per heavy atom. The van der Waals surface area contributed by atoms with Crippen LogP contribution in [0.1, 0.15) is 34.1 Å². The highest BCUT2D eigenvalue weighted by molar-refractivity contribution is 5.86. The van der Waals surface area contributed by atoms with Gasteiger partial charge in [0.15, 0.2) is 6.04 Å². The lowest BCUT2D eigenvalue weighted by Crippen LogP contribution is -2.51. The summed E-state index contributed by atoms with van der Waals surface area (Å²) in [5, 5.41) is 8.68. The molecule has 1 amide bonds. The van der Waals surface area contributed by atoms with Gasteiger partial charge in [0.25, 0.3) is 0 Å². The van der Waals surface area contributed by atoms with Crippen LogP contribution in [0.3, 0.4) is 0 Å². The third kappa shape index (κ3) is 3.04. The topological polar surface area (TPSA) is 79.6 Å². The molecule has 0 bridgehead atoms. The largest absolute Gasteiger partial charge is 0.467 e. The van der Waals surface area contributed by atoms with Crippen LogP contribution in [0, 0.1) is 16.7 Å². The van der Waals surface area contributed by atoms with E-state index >= 15 is 0 Å². The second-order valence-corrected chi connectivity index (χ2v) is 5.66. The van der Waals surface area contributed by atoms with E-state index in [-0.39, 0.29) is 11.8 Å². The van der Waals surface area contributed by atoms with E-state index in [1.54, 1.807) is 6.92 Å². The summed E-state index contributed by atoms with van der Waals surface area (Å²) in [5.41, 5.74) is -0.359. The molecule has 0 radical (unpaired) electrons. The third-order valence-electron chi connectivity index (χ3n) is 3.04. The van der Waals surface area contributed by atoms with Crippen molar-refractivity contribution in [3.05, 3.63) is 0 Å². The number of hydrogen-bond donors (Lipinski definition) is 0. The maximum atomic E-state index is 12.1. The van der Waals surface area contributed by atoms with Gasteiger partial charge < -0.3 is 9.47 Å². The SMILES string of the molecule is COC(=O)[C@@H]1[C@@H](C)O[C@H](C(C)(C)C)N1C(=O)CC#N. The molecule has 1 fully saturated rings. The zero-order valence-corrected chi connectivity index (χ0v) is 12.0. The summed E-state index contributed by atoms with van der Waals surface area (Å²) < 4.78 is 10.5. The molecule has 0 aromatic rings. The summed E-state index contributed by atoms with van der Waals surface area (Å²) in [6.07, 6.45) is -1.29. The predicted molar refractivity (Wildman–Crippen MR) is 66.7 cm³/mol. The van der Waals surface area contributed by atoms with Gasteiger partial charge in [0, 0.05) is 5.41 Å². The number of hydrogen-bond acceptors (Lipinski definition) is 5. The Balaban J connectivity index is 3.13. The van der Waals surface area contributed by atoms with Gasteiger partial charge in [0.2, 0.25) is 5.91 Å². The van der Waals surface area contributed by atoms with E-state index in [9.17, 15) is 9.59 Å². The molecule has 19 heavy (non-hydrogen) atoms. The van der Waals surface area contributed by atoms with Crippen LogP contribution in [0.5, 0.6) is 0 Å². The van der Waals surface area contributed by atoms with Gasteiger partial charge in [-0.3, -0.25) is 9.69 Å². The number of nitrogens with zero attached hydrogens (tertiary/aromatic N) is 2. The van der Waals surface area contributed by atoms with E-state index in [1.165, 1.54) is 12.0 Å². The average molecular weight is 268 g/mol.